The summed E-state index contributed by atoms with van der Waals surface area (Å²) in [6, 6.07) is 7.58. The lowest BCUT2D eigenvalue weighted by Crippen LogP contribution is -2.33. The van der Waals surface area contributed by atoms with Gasteiger partial charge in [0.15, 0.2) is 0 Å². The summed E-state index contributed by atoms with van der Waals surface area (Å²) in [4.78, 5) is 11.9. The van der Waals surface area contributed by atoms with Crippen molar-refractivity contribution in [1.82, 2.24) is 0 Å². The Morgan fingerprint density at radius 1 is 1.47 bits per heavy atom. The minimum absolute atomic E-state index is 0.0566. The van der Waals surface area contributed by atoms with Crippen molar-refractivity contribution in [2.75, 3.05) is 11.9 Å². The molecule has 1 aromatic carbocycles. The minimum atomic E-state index is -0.301. The van der Waals surface area contributed by atoms with Crippen LogP contribution in [0.15, 0.2) is 24.3 Å². The molecule has 4 heteroatoms. The summed E-state index contributed by atoms with van der Waals surface area (Å²) in [6.45, 7) is 1.16. The van der Waals surface area contributed by atoms with Gasteiger partial charge in [0.05, 0.1) is 0 Å². The zero-order valence-electron chi connectivity index (χ0n) is 9.82. The van der Waals surface area contributed by atoms with Crippen molar-refractivity contribution in [3.05, 3.63) is 29.8 Å². The number of benzene rings is 1. The number of nitrogens with two attached hydrogens (primary N) is 1. The molecule has 1 saturated heterocycles. The molecule has 4 nitrogen and oxygen atoms in total. The first kappa shape index (κ1) is 12.1. The van der Waals surface area contributed by atoms with Crippen LogP contribution in [0.4, 0.5) is 5.69 Å². The average Bonchev–Trinajstić information content (AvgIpc) is 2.40. The Bertz CT molecular complexity index is 387. The molecule has 92 valence electrons. The number of nitrogens with one attached hydrogen (secondary N) is 1. The monoisotopic (exact) mass is 234 g/mol. The Hall–Kier alpha value is -1.39. The first-order valence-corrected chi connectivity index (χ1v) is 6.01. The Morgan fingerprint density at radius 2 is 2.35 bits per heavy atom. The van der Waals surface area contributed by atoms with Gasteiger partial charge in [-0.1, -0.05) is 12.1 Å². The standard InChI is InChI=1S/C13H18N2O2/c14-9-10-4-3-5-11(8-10)15-13(16)12-6-1-2-7-17-12/h3-5,8,12H,1-2,6-7,9,14H2,(H,15,16). The van der Waals surface area contributed by atoms with Crippen molar-refractivity contribution in [2.24, 2.45) is 5.73 Å². The zero-order chi connectivity index (χ0) is 12.1. The summed E-state index contributed by atoms with van der Waals surface area (Å²) in [5.74, 6) is -0.0566. The maximum Gasteiger partial charge on any atom is 0.253 e. The van der Waals surface area contributed by atoms with E-state index in [0.29, 0.717) is 13.2 Å². The molecule has 0 spiro atoms. The van der Waals surface area contributed by atoms with Crippen LogP contribution in [-0.4, -0.2) is 18.6 Å². The highest BCUT2D eigenvalue weighted by molar-refractivity contribution is 5.94. The molecule has 0 aliphatic carbocycles. The summed E-state index contributed by atoms with van der Waals surface area (Å²) >= 11 is 0. The lowest BCUT2D eigenvalue weighted by molar-refractivity contribution is -0.129. The van der Waals surface area contributed by atoms with Gasteiger partial charge in [-0.2, -0.15) is 0 Å². The fourth-order valence-corrected chi connectivity index (χ4v) is 1.95. The SMILES string of the molecule is NCc1cccc(NC(=O)C2CCCCO2)c1. The van der Waals surface area contributed by atoms with Gasteiger partial charge in [0.25, 0.3) is 5.91 Å². The third-order valence-corrected chi connectivity index (χ3v) is 2.90. The minimum Gasteiger partial charge on any atom is -0.368 e. The molecule has 1 heterocycles. The molecule has 0 bridgehead atoms. The summed E-state index contributed by atoms with van der Waals surface area (Å²) in [5, 5.41) is 2.87. The van der Waals surface area contributed by atoms with E-state index < -0.39 is 0 Å². The van der Waals surface area contributed by atoms with Gasteiger partial charge in [-0.3, -0.25) is 4.79 Å². The van der Waals surface area contributed by atoms with Crippen LogP contribution >= 0.6 is 0 Å². The average molecular weight is 234 g/mol. The molecule has 0 aromatic heterocycles. The van der Waals surface area contributed by atoms with Gasteiger partial charge < -0.3 is 15.8 Å². The summed E-state index contributed by atoms with van der Waals surface area (Å²) in [5.41, 5.74) is 7.35. The molecule has 1 fully saturated rings. The number of amides is 1. The van der Waals surface area contributed by atoms with Crippen molar-refractivity contribution < 1.29 is 9.53 Å². The number of carbonyl (C=O) groups excluding carboxylic acids is 1. The number of hydrogen-bond acceptors (Lipinski definition) is 3. The predicted octanol–water partition coefficient (Wildman–Crippen LogP) is 1.65. The van der Waals surface area contributed by atoms with E-state index >= 15 is 0 Å². The highest BCUT2D eigenvalue weighted by Crippen LogP contribution is 2.16. The van der Waals surface area contributed by atoms with Crippen LogP contribution in [0.3, 0.4) is 0 Å². The summed E-state index contributed by atoms with van der Waals surface area (Å²) in [7, 11) is 0. The van der Waals surface area contributed by atoms with Gasteiger partial charge in [-0.25, -0.2) is 0 Å². The largest absolute Gasteiger partial charge is 0.368 e. The van der Waals surface area contributed by atoms with Crippen LogP contribution in [0.2, 0.25) is 0 Å². The van der Waals surface area contributed by atoms with E-state index in [4.69, 9.17) is 10.5 Å². The normalized spacial score (nSPS) is 19.9. The molecule has 1 unspecified atom stereocenters. The molecule has 2 rings (SSSR count). The molecule has 1 atom stereocenters. The van der Waals surface area contributed by atoms with E-state index in [1.54, 1.807) is 0 Å². The molecule has 0 saturated carbocycles. The first-order chi connectivity index (χ1) is 8.29. The van der Waals surface area contributed by atoms with Crippen LogP contribution in [-0.2, 0) is 16.1 Å². The topological polar surface area (TPSA) is 64.3 Å². The van der Waals surface area contributed by atoms with Gasteiger partial charge in [0, 0.05) is 18.8 Å². The van der Waals surface area contributed by atoms with Gasteiger partial charge in [-0.15, -0.1) is 0 Å². The maximum atomic E-state index is 11.9. The Kier molecular flexibility index (Phi) is 4.12. The van der Waals surface area contributed by atoms with Gasteiger partial charge in [0.2, 0.25) is 0 Å². The number of ether oxygens (including phenoxy) is 1. The Balaban J connectivity index is 1.96. The third kappa shape index (κ3) is 3.28. The highest BCUT2D eigenvalue weighted by atomic mass is 16.5. The number of carbonyl (C=O) groups is 1. The van der Waals surface area contributed by atoms with Crippen molar-refractivity contribution in [3.8, 4) is 0 Å². The van der Waals surface area contributed by atoms with Gasteiger partial charge in [-0.05, 0) is 37.0 Å². The van der Waals surface area contributed by atoms with Crippen molar-refractivity contribution in [1.29, 1.82) is 0 Å². The fraction of sp³-hybridized carbons (Fsp3) is 0.462. The molecule has 1 amide bonds. The van der Waals surface area contributed by atoms with Crippen LogP contribution in [0.25, 0.3) is 0 Å². The third-order valence-electron chi connectivity index (χ3n) is 2.90. The second kappa shape index (κ2) is 5.80. The van der Waals surface area contributed by atoms with Crippen molar-refractivity contribution >= 4 is 11.6 Å². The lowest BCUT2D eigenvalue weighted by atomic mass is 10.1. The Labute approximate surface area is 101 Å². The van der Waals surface area contributed by atoms with Crippen molar-refractivity contribution in [3.63, 3.8) is 0 Å². The van der Waals surface area contributed by atoms with Gasteiger partial charge >= 0.3 is 0 Å². The van der Waals surface area contributed by atoms with E-state index in [9.17, 15) is 4.79 Å². The van der Waals surface area contributed by atoms with Crippen LogP contribution in [0.5, 0.6) is 0 Å². The molecule has 1 aromatic rings. The lowest BCUT2D eigenvalue weighted by Gasteiger charge is -2.21. The molecular formula is C13H18N2O2. The number of anilines is 1. The molecule has 3 N–H and O–H groups in total. The molecular weight excluding hydrogens is 216 g/mol. The fourth-order valence-electron chi connectivity index (χ4n) is 1.95. The van der Waals surface area contributed by atoms with Crippen LogP contribution in [0.1, 0.15) is 24.8 Å². The maximum absolute atomic E-state index is 11.9. The molecule has 17 heavy (non-hydrogen) atoms. The van der Waals surface area contributed by atoms with Crippen LogP contribution < -0.4 is 11.1 Å². The quantitative estimate of drug-likeness (QED) is 0.835. The van der Waals surface area contributed by atoms with E-state index in [1.165, 1.54) is 0 Å². The second-order valence-corrected chi connectivity index (χ2v) is 4.25. The zero-order valence-corrected chi connectivity index (χ0v) is 9.82. The van der Waals surface area contributed by atoms with Crippen LogP contribution in [0, 0.1) is 0 Å². The molecule has 0 radical (unpaired) electrons. The molecule has 1 aliphatic heterocycles. The van der Waals surface area contributed by atoms with E-state index in [1.807, 2.05) is 24.3 Å². The van der Waals surface area contributed by atoms with Gasteiger partial charge in [0.1, 0.15) is 6.10 Å². The van der Waals surface area contributed by atoms with E-state index in [0.717, 1.165) is 30.5 Å². The Morgan fingerprint density at radius 3 is 3.06 bits per heavy atom. The predicted molar refractivity (Wildman–Crippen MR) is 66.6 cm³/mol. The van der Waals surface area contributed by atoms with E-state index in [-0.39, 0.29) is 12.0 Å². The van der Waals surface area contributed by atoms with Crippen molar-refractivity contribution in [2.45, 2.75) is 31.9 Å². The van der Waals surface area contributed by atoms with E-state index in [2.05, 4.69) is 5.32 Å². The smallest absolute Gasteiger partial charge is 0.253 e. The first-order valence-electron chi connectivity index (χ1n) is 6.01. The second-order valence-electron chi connectivity index (χ2n) is 4.25. The highest BCUT2D eigenvalue weighted by Gasteiger charge is 2.21. The summed E-state index contributed by atoms with van der Waals surface area (Å²) in [6.07, 6.45) is 2.61. The number of rotatable bonds is 3. The number of hydrogen-bond donors (Lipinski definition) is 2. The molecule has 1 aliphatic rings. The summed E-state index contributed by atoms with van der Waals surface area (Å²) < 4.78 is 5.43.